The molecule has 0 unspecified atom stereocenters. The lowest BCUT2D eigenvalue weighted by Crippen LogP contribution is -1.94. The molecule has 0 radical (unpaired) electrons. The number of aromatic nitrogens is 7. The Kier molecular flexibility index (Phi) is 5.13. The number of aromatic amines is 2. The summed E-state index contributed by atoms with van der Waals surface area (Å²) in [6, 6.07) is 15.5. The van der Waals surface area contributed by atoms with Crippen LogP contribution in [0, 0.1) is 6.92 Å². The first-order chi connectivity index (χ1) is 15.7. The third kappa shape index (κ3) is 3.60. The molecule has 7 heteroatoms. The fraction of sp³-hybridized carbons (Fsp3) is 0.0800. The molecule has 32 heavy (non-hydrogen) atoms. The van der Waals surface area contributed by atoms with Gasteiger partial charge in [-0.3, -0.25) is 15.1 Å². The zero-order valence-electron chi connectivity index (χ0n) is 17.7. The maximum Gasteiger partial charge on any atom is 0.161 e. The van der Waals surface area contributed by atoms with Crippen LogP contribution < -0.4 is 0 Å². The van der Waals surface area contributed by atoms with Gasteiger partial charge in [-0.2, -0.15) is 5.10 Å². The molecule has 0 saturated heterocycles. The first kappa shape index (κ1) is 19.6. The molecule has 156 valence electrons. The number of nitrogens with one attached hydrogen (secondary N) is 2. The Morgan fingerprint density at radius 1 is 0.906 bits per heavy atom. The van der Waals surface area contributed by atoms with Crippen molar-refractivity contribution < 1.29 is 0 Å². The van der Waals surface area contributed by atoms with Gasteiger partial charge in [0.15, 0.2) is 11.5 Å². The molecular weight excluding hydrogens is 398 g/mol. The van der Waals surface area contributed by atoms with Crippen molar-refractivity contribution >= 4 is 16.6 Å². The number of hydrogen-bond acceptors (Lipinski definition) is 5. The van der Waals surface area contributed by atoms with Crippen molar-refractivity contribution in [1.82, 2.24) is 35.1 Å². The largest absolute Gasteiger partial charge is 0.340 e. The molecule has 0 amide bonds. The molecule has 0 bridgehead atoms. The molecule has 0 spiro atoms. The second kappa shape index (κ2) is 8.39. The Hall–Kier alpha value is -4.39. The van der Waals surface area contributed by atoms with Gasteiger partial charge in [-0.1, -0.05) is 30.4 Å². The number of fused-ring (bicyclic) bond motifs is 1. The molecule has 7 nitrogen and oxygen atoms in total. The van der Waals surface area contributed by atoms with E-state index >= 15 is 0 Å². The highest BCUT2D eigenvalue weighted by atomic mass is 15.2. The molecule has 5 aromatic heterocycles. The van der Waals surface area contributed by atoms with E-state index in [0.29, 0.717) is 11.5 Å². The van der Waals surface area contributed by atoms with Gasteiger partial charge < -0.3 is 4.98 Å². The minimum Gasteiger partial charge on any atom is -0.340 e. The van der Waals surface area contributed by atoms with Gasteiger partial charge in [-0.15, -0.1) is 0 Å². The average molecular weight is 419 g/mol. The smallest absolute Gasteiger partial charge is 0.161 e. The van der Waals surface area contributed by atoms with Gasteiger partial charge in [0.25, 0.3) is 0 Å². The van der Waals surface area contributed by atoms with Crippen LogP contribution in [0.5, 0.6) is 0 Å². The van der Waals surface area contributed by atoms with E-state index in [9.17, 15) is 0 Å². The van der Waals surface area contributed by atoms with E-state index in [1.807, 2.05) is 80.6 Å². The fourth-order valence-electron chi connectivity index (χ4n) is 3.56. The summed E-state index contributed by atoms with van der Waals surface area (Å²) in [4.78, 5) is 22.0. The first-order valence-corrected chi connectivity index (χ1v) is 10.3. The molecular formula is C25H21N7. The number of allylic oxidation sites excluding steroid dienone is 3. The number of rotatable bonds is 5. The first-order valence-electron chi connectivity index (χ1n) is 10.3. The molecule has 5 rings (SSSR count). The van der Waals surface area contributed by atoms with E-state index in [0.717, 1.165) is 45.1 Å². The normalized spacial score (nSPS) is 12.1. The lowest BCUT2D eigenvalue weighted by Gasteiger charge is -2.04. The van der Waals surface area contributed by atoms with Crippen molar-refractivity contribution in [3.63, 3.8) is 0 Å². The summed E-state index contributed by atoms with van der Waals surface area (Å²) in [5.41, 5.74) is 7.39. The van der Waals surface area contributed by atoms with E-state index in [1.54, 1.807) is 12.4 Å². The summed E-state index contributed by atoms with van der Waals surface area (Å²) >= 11 is 0. The number of nitrogens with zero attached hydrogens (tertiary/aromatic N) is 5. The maximum absolute atomic E-state index is 4.90. The standard InChI is InChI=1S/C25H21N7/c1-3-4-9-17(18-10-5-7-14-26-18)22-16(2)28-25(30-22)24-23-21(31-32-24)13-12-20(29-23)19-11-6-8-15-27-19/h3-15H,1-2H3,(H,28,30)(H,31,32)/b4-3-,17-9-. The second-order valence-corrected chi connectivity index (χ2v) is 7.26. The number of H-pyrrole nitrogens is 2. The van der Waals surface area contributed by atoms with Crippen LogP contribution in [0.1, 0.15) is 24.0 Å². The number of aryl methyl sites for hydroxylation is 1. The summed E-state index contributed by atoms with van der Waals surface area (Å²) in [7, 11) is 0. The van der Waals surface area contributed by atoms with E-state index in [-0.39, 0.29) is 0 Å². The number of imidazole rings is 1. The molecule has 5 heterocycles. The summed E-state index contributed by atoms with van der Waals surface area (Å²) in [5.74, 6) is 0.650. The van der Waals surface area contributed by atoms with Gasteiger partial charge in [-0.05, 0) is 50.2 Å². The van der Waals surface area contributed by atoms with E-state index < -0.39 is 0 Å². The highest BCUT2D eigenvalue weighted by Crippen LogP contribution is 2.29. The van der Waals surface area contributed by atoms with Crippen LogP contribution in [0.3, 0.4) is 0 Å². The summed E-state index contributed by atoms with van der Waals surface area (Å²) in [5, 5.41) is 7.56. The van der Waals surface area contributed by atoms with Crippen LogP contribution in [-0.2, 0) is 0 Å². The summed E-state index contributed by atoms with van der Waals surface area (Å²) in [6.45, 7) is 3.98. The molecule has 0 fully saturated rings. The second-order valence-electron chi connectivity index (χ2n) is 7.26. The zero-order chi connectivity index (χ0) is 21.9. The van der Waals surface area contributed by atoms with Crippen LogP contribution in [0.15, 0.2) is 79.2 Å². The molecule has 2 N–H and O–H groups in total. The van der Waals surface area contributed by atoms with Gasteiger partial charge in [0.1, 0.15) is 5.52 Å². The Morgan fingerprint density at radius 3 is 2.50 bits per heavy atom. The predicted octanol–water partition coefficient (Wildman–Crippen LogP) is 5.12. The van der Waals surface area contributed by atoms with Gasteiger partial charge >= 0.3 is 0 Å². The maximum atomic E-state index is 4.90. The van der Waals surface area contributed by atoms with Crippen LogP contribution in [0.4, 0.5) is 0 Å². The molecule has 0 aromatic carbocycles. The highest BCUT2D eigenvalue weighted by Gasteiger charge is 2.19. The van der Waals surface area contributed by atoms with Crippen molar-refractivity contribution in [1.29, 1.82) is 0 Å². The third-order valence-corrected chi connectivity index (χ3v) is 5.10. The van der Waals surface area contributed by atoms with Gasteiger partial charge in [0.2, 0.25) is 0 Å². The molecule has 0 saturated carbocycles. The summed E-state index contributed by atoms with van der Waals surface area (Å²) < 4.78 is 0. The molecule has 0 aliphatic carbocycles. The van der Waals surface area contributed by atoms with Crippen molar-refractivity contribution in [2.24, 2.45) is 0 Å². The number of hydrogen-bond donors (Lipinski definition) is 2. The fourth-order valence-corrected chi connectivity index (χ4v) is 3.56. The molecule has 0 aliphatic rings. The van der Waals surface area contributed by atoms with Crippen molar-refractivity contribution in [2.75, 3.05) is 0 Å². The van der Waals surface area contributed by atoms with Crippen LogP contribution in [-0.4, -0.2) is 35.1 Å². The monoisotopic (exact) mass is 419 g/mol. The van der Waals surface area contributed by atoms with Crippen molar-refractivity contribution in [3.05, 3.63) is 96.2 Å². The molecule has 0 atom stereocenters. The lowest BCUT2D eigenvalue weighted by atomic mass is 10.1. The molecule has 0 aliphatic heterocycles. The zero-order valence-corrected chi connectivity index (χ0v) is 17.7. The van der Waals surface area contributed by atoms with E-state index in [2.05, 4.69) is 25.1 Å². The highest BCUT2D eigenvalue weighted by molar-refractivity contribution is 5.90. The SMILES string of the molecule is C/C=C\C=C(\c1ccccn1)c1nc(-c2n[nH]c3ccc(-c4ccccn4)nc23)[nH]c1C. The third-order valence-electron chi connectivity index (χ3n) is 5.10. The van der Waals surface area contributed by atoms with Crippen molar-refractivity contribution in [2.45, 2.75) is 13.8 Å². The summed E-state index contributed by atoms with van der Waals surface area (Å²) in [6.07, 6.45) is 9.54. The molecule has 5 aromatic rings. The minimum absolute atomic E-state index is 0.650. The Labute approximate surface area is 185 Å². The van der Waals surface area contributed by atoms with Gasteiger partial charge in [-0.25, -0.2) is 9.97 Å². The topological polar surface area (TPSA) is 96.0 Å². The number of pyridine rings is 3. The Bertz CT molecular complexity index is 1430. The average Bonchev–Trinajstić information content (AvgIpc) is 3.43. The Morgan fingerprint density at radius 2 is 1.75 bits per heavy atom. The van der Waals surface area contributed by atoms with Gasteiger partial charge in [0, 0.05) is 23.7 Å². The Balaban J connectivity index is 1.62. The quantitative estimate of drug-likeness (QED) is 0.385. The minimum atomic E-state index is 0.650. The van der Waals surface area contributed by atoms with Gasteiger partial charge in [0.05, 0.1) is 28.3 Å². The van der Waals surface area contributed by atoms with Crippen LogP contribution in [0.25, 0.3) is 39.5 Å². The van der Waals surface area contributed by atoms with Crippen LogP contribution >= 0.6 is 0 Å². The van der Waals surface area contributed by atoms with E-state index in [1.165, 1.54) is 0 Å². The van der Waals surface area contributed by atoms with E-state index in [4.69, 9.17) is 9.97 Å². The van der Waals surface area contributed by atoms with Crippen LogP contribution in [0.2, 0.25) is 0 Å². The lowest BCUT2D eigenvalue weighted by molar-refractivity contribution is 1.10. The van der Waals surface area contributed by atoms with Crippen molar-refractivity contribution in [3.8, 4) is 22.9 Å². The predicted molar refractivity (Wildman–Crippen MR) is 126 cm³/mol.